The summed E-state index contributed by atoms with van der Waals surface area (Å²) in [5.74, 6) is -0.391. The van der Waals surface area contributed by atoms with E-state index in [9.17, 15) is 4.39 Å². The molecule has 0 saturated carbocycles. The Kier molecular flexibility index (Phi) is 2.67. The maximum absolute atomic E-state index is 13.4. The number of hydrogen-bond acceptors (Lipinski definition) is 2. The lowest BCUT2D eigenvalue weighted by atomic mass is 10.2. The van der Waals surface area contributed by atoms with Crippen LogP contribution in [0.2, 0.25) is 10.2 Å². The Balaban J connectivity index is 2.91. The number of halogens is 3. The molecule has 1 aromatic carbocycles. The highest BCUT2D eigenvalue weighted by Gasteiger charge is 2.12. The van der Waals surface area contributed by atoms with Crippen molar-refractivity contribution in [1.29, 1.82) is 0 Å². The molecule has 1 aromatic heterocycles. The van der Waals surface area contributed by atoms with Gasteiger partial charge in [-0.25, -0.2) is 9.37 Å². The minimum absolute atomic E-state index is 0.0849. The summed E-state index contributed by atoms with van der Waals surface area (Å²) in [7, 11) is 1.38. The average molecular weight is 246 g/mol. The van der Waals surface area contributed by atoms with Crippen molar-refractivity contribution in [2.75, 3.05) is 7.11 Å². The number of hydrogen-bond donors (Lipinski definition) is 0. The molecule has 1 heterocycles. The molecule has 0 aliphatic carbocycles. The van der Waals surface area contributed by atoms with E-state index in [2.05, 4.69) is 4.98 Å². The first-order valence-corrected chi connectivity index (χ1v) is 4.87. The fraction of sp³-hybridized carbons (Fsp3) is 0.100. The normalized spacial score (nSPS) is 10.7. The van der Waals surface area contributed by atoms with Crippen LogP contribution in [0.3, 0.4) is 0 Å². The summed E-state index contributed by atoms with van der Waals surface area (Å²) in [6.07, 6.45) is 0. The van der Waals surface area contributed by atoms with E-state index in [1.165, 1.54) is 25.3 Å². The molecule has 0 unspecified atom stereocenters. The molecule has 0 radical (unpaired) electrons. The zero-order valence-corrected chi connectivity index (χ0v) is 9.23. The van der Waals surface area contributed by atoms with Crippen molar-refractivity contribution in [2.24, 2.45) is 0 Å². The molecule has 78 valence electrons. The van der Waals surface area contributed by atoms with Gasteiger partial charge in [-0.3, -0.25) is 0 Å². The molecule has 0 atom stereocenters. The summed E-state index contributed by atoms with van der Waals surface area (Å²) in [5, 5.41) is 1.02. The van der Waals surface area contributed by atoms with Crippen LogP contribution in [0.15, 0.2) is 18.2 Å². The van der Waals surface area contributed by atoms with Crippen LogP contribution >= 0.6 is 23.2 Å². The van der Waals surface area contributed by atoms with Crippen LogP contribution in [0.1, 0.15) is 0 Å². The standard InChI is InChI=1S/C10H6Cl2FNO/c1-15-10-6(13)2-3-7-9(10)5(11)4-8(12)14-7/h2-4H,1H3. The largest absolute Gasteiger partial charge is 0.493 e. The second-order valence-electron chi connectivity index (χ2n) is 2.90. The van der Waals surface area contributed by atoms with Crippen molar-refractivity contribution < 1.29 is 9.13 Å². The number of rotatable bonds is 1. The van der Waals surface area contributed by atoms with Crippen molar-refractivity contribution in [3.63, 3.8) is 0 Å². The summed E-state index contributed by atoms with van der Waals surface area (Å²) in [6.45, 7) is 0. The van der Waals surface area contributed by atoms with Crippen LogP contribution in [-0.2, 0) is 0 Å². The third-order valence-electron chi connectivity index (χ3n) is 2.00. The lowest BCUT2D eigenvalue weighted by Crippen LogP contribution is -1.92. The molecule has 2 nitrogen and oxygen atoms in total. The summed E-state index contributed by atoms with van der Waals surface area (Å²) in [6, 6.07) is 4.22. The molecule has 5 heteroatoms. The number of pyridine rings is 1. The van der Waals surface area contributed by atoms with E-state index in [0.717, 1.165) is 0 Å². The minimum atomic E-state index is -0.476. The zero-order chi connectivity index (χ0) is 11.0. The smallest absolute Gasteiger partial charge is 0.165 e. The fourth-order valence-corrected chi connectivity index (χ4v) is 1.94. The van der Waals surface area contributed by atoms with Gasteiger partial charge in [-0.2, -0.15) is 0 Å². The molecule has 0 aliphatic rings. The number of nitrogens with zero attached hydrogens (tertiary/aromatic N) is 1. The molecule has 0 N–H and O–H groups in total. The van der Waals surface area contributed by atoms with Crippen LogP contribution in [-0.4, -0.2) is 12.1 Å². The quantitative estimate of drug-likeness (QED) is 0.716. The maximum atomic E-state index is 13.4. The zero-order valence-electron chi connectivity index (χ0n) is 7.72. The number of benzene rings is 1. The predicted molar refractivity (Wildman–Crippen MR) is 58.3 cm³/mol. The summed E-state index contributed by atoms with van der Waals surface area (Å²) in [5.41, 5.74) is 0.505. The van der Waals surface area contributed by atoms with Gasteiger partial charge in [0.15, 0.2) is 11.6 Å². The van der Waals surface area contributed by atoms with Crippen molar-refractivity contribution in [1.82, 2.24) is 4.98 Å². The average Bonchev–Trinajstić information content (AvgIpc) is 2.18. The monoisotopic (exact) mass is 245 g/mol. The highest BCUT2D eigenvalue weighted by molar-refractivity contribution is 6.38. The van der Waals surface area contributed by atoms with E-state index in [1.807, 2.05) is 0 Å². The van der Waals surface area contributed by atoms with Crippen molar-refractivity contribution >= 4 is 34.1 Å². The molecular formula is C10H6Cl2FNO. The van der Waals surface area contributed by atoms with E-state index in [1.54, 1.807) is 0 Å². The highest BCUT2D eigenvalue weighted by Crippen LogP contribution is 2.34. The van der Waals surface area contributed by atoms with Crippen LogP contribution < -0.4 is 4.74 Å². The number of aromatic nitrogens is 1. The van der Waals surface area contributed by atoms with Crippen molar-refractivity contribution in [2.45, 2.75) is 0 Å². The Labute approximate surface area is 95.6 Å². The van der Waals surface area contributed by atoms with Gasteiger partial charge in [-0.05, 0) is 18.2 Å². The van der Waals surface area contributed by atoms with Gasteiger partial charge in [-0.15, -0.1) is 0 Å². The Morgan fingerprint density at radius 2 is 2.07 bits per heavy atom. The first kappa shape index (κ1) is 10.5. The third kappa shape index (κ3) is 1.73. The Morgan fingerprint density at radius 1 is 1.33 bits per heavy atom. The molecule has 0 fully saturated rings. The Hall–Kier alpha value is -1.06. The Morgan fingerprint density at radius 3 is 2.73 bits per heavy atom. The second kappa shape index (κ2) is 3.83. The topological polar surface area (TPSA) is 22.1 Å². The van der Waals surface area contributed by atoms with Gasteiger partial charge >= 0.3 is 0 Å². The summed E-state index contributed by atoms with van der Waals surface area (Å²) in [4.78, 5) is 4.02. The molecule has 0 saturated heterocycles. The van der Waals surface area contributed by atoms with Gasteiger partial charge < -0.3 is 4.74 Å². The first-order valence-electron chi connectivity index (χ1n) is 4.11. The summed E-state index contributed by atoms with van der Waals surface area (Å²) < 4.78 is 18.3. The fourth-order valence-electron chi connectivity index (χ4n) is 1.39. The molecule has 0 spiro atoms. The predicted octanol–water partition coefficient (Wildman–Crippen LogP) is 3.69. The van der Waals surface area contributed by atoms with E-state index in [0.29, 0.717) is 15.9 Å². The van der Waals surface area contributed by atoms with Crippen LogP contribution in [0.25, 0.3) is 10.9 Å². The minimum Gasteiger partial charge on any atom is -0.493 e. The van der Waals surface area contributed by atoms with Gasteiger partial charge in [0.2, 0.25) is 0 Å². The van der Waals surface area contributed by atoms with Crippen molar-refractivity contribution in [3.05, 3.63) is 34.2 Å². The molecular weight excluding hydrogens is 240 g/mol. The van der Waals surface area contributed by atoms with Crippen molar-refractivity contribution in [3.8, 4) is 5.75 Å². The lowest BCUT2D eigenvalue weighted by molar-refractivity contribution is 0.392. The van der Waals surface area contributed by atoms with Crippen LogP contribution in [0, 0.1) is 5.82 Å². The van der Waals surface area contributed by atoms with Crippen LogP contribution in [0.4, 0.5) is 4.39 Å². The number of fused-ring (bicyclic) bond motifs is 1. The molecule has 0 aliphatic heterocycles. The molecule has 2 aromatic rings. The third-order valence-corrected chi connectivity index (χ3v) is 2.50. The number of methoxy groups -OCH3 is 1. The Bertz CT molecular complexity index is 530. The lowest BCUT2D eigenvalue weighted by Gasteiger charge is -2.07. The van der Waals surface area contributed by atoms with Gasteiger partial charge in [0.25, 0.3) is 0 Å². The molecule has 2 rings (SSSR count). The SMILES string of the molecule is COc1c(F)ccc2nc(Cl)cc(Cl)c12. The van der Waals surface area contributed by atoms with E-state index in [4.69, 9.17) is 27.9 Å². The van der Waals surface area contributed by atoms with E-state index >= 15 is 0 Å². The maximum Gasteiger partial charge on any atom is 0.165 e. The number of ether oxygens (including phenoxy) is 1. The molecule has 0 amide bonds. The van der Waals surface area contributed by atoms with Gasteiger partial charge in [-0.1, -0.05) is 23.2 Å². The van der Waals surface area contributed by atoms with Gasteiger partial charge in [0.1, 0.15) is 5.15 Å². The van der Waals surface area contributed by atoms with Gasteiger partial charge in [0.05, 0.1) is 23.0 Å². The van der Waals surface area contributed by atoms with E-state index < -0.39 is 5.82 Å². The summed E-state index contributed by atoms with van der Waals surface area (Å²) >= 11 is 11.7. The highest BCUT2D eigenvalue weighted by atomic mass is 35.5. The van der Waals surface area contributed by atoms with Crippen LogP contribution in [0.5, 0.6) is 5.75 Å². The first-order chi connectivity index (χ1) is 7.13. The van der Waals surface area contributed by atoms with E-state index in [-0.39, 0.29) is 10.9 Å². The molecule has 15 heavy (non-hydrogen) atoms. The second-order valence-corrected chi connectivity index (χ2v) is 3.70. The van der Waals surface area contributed by atoms with Gasteiger partial charge in [0, 0.05) is 0 Å². The molecule has 0 bridgehead atoms.